The minimum Gasteiger partial charge on any atom is -0.320 e. The van der Waals surface area contributed by atoms with Gasteiger partial charge in [-0.3, -0.25) is 4.98 Å². The largest absolute Gasteiger partial charge is 0.320 e. The number of rotatable bonds is 2. The Bertz CT molecular complexity index is 467. The summed E-state index contributed by atoms with van der Waals surface area (Å²) >= 11 is 7.62. The molecule has 0 amide bonds. The number of pyridine rings is 1. The van der Waals surface area contributed by atoms with Crippen LogP contribution in [0.5, 0.6) is 0 Å². The maximum absolute atomic E-state index is 6.15. The van der Waals surface area contributed by atoms with Crippen LogP contribution in [0.3, 0.4) is 0 Å². The number of hydrogen-bond donors (Lipinski definition) is 1. The summed E-state index contributed by atoms with van der Waals surface area (Å²) in [6, 6.07) is 3.65. The van der Waals surface area contributed by atoms with Crippen LogP contribution < -0.4 is 5.73 Å². The van der Waals surface area contributed by atoms with Crippen molar-refractivity contribution in [3.63, 3.8) is 0 Å². The van der Waals surface area contributed by atoms with Crippen LogP contribution in [0.1, 0.15) is 22.0 Å². The van der Waals surface area contributed by atoms with E-state index in [1.165, 1.54) is 0 Å². The van der Waals surface area contributed by atoms with Crippen molar-refractivity contribution in [2.45, 2.75) is 13.0 Å². The van der Waals surface area contributed by atoms with Crippen LogP contribution >= 0.6 is 22.9 Å². The molecule has 1 unspecified atom stereocenters. The molecule has 0 radical (unpaired) electrons. The first-order valence-corrected chi connectivity index (χ1v) is 5.85. The zero-order valence-corrected chi connectivity index (χ0v) is 9.85. The molecule has 0 spiro atoms. The number of aryl methyl sites for hydroxylation is 1. The second-order valence-corrected chi connectivity index (χ2v) is 4.70. The van der Waals surface area contributed by atoms with Crippen molar-refractivity contribution in [2.75, 3.05) is 0 Å². The molecule has 0 aliphatic rings. The van der Waals surface area contributed by atoms with Gasteiger partial charge in [0.15, 0.2) is 0 Å². The standard InChI is InChI=1S/C11H11ClN2S/c1-7-2-4-14-6-8(7)10(13)11-9(12)3-5-15-11/h2-6,10H,13H2,1H3. The Morgan fingerprint density at radius 2 is 2.27 bits per heavy atom. The van der Waals surface area contributed by atoms with E-state index in [0.29, 0.717) is 0 Å². The molecule has 1 atom stereocenters. The summed E-state index contributed by atoms with van der Waals surface area (Å²) in [5.74, 6) is 0. The summed E-state index contributed by atoms with van der Waals surface area (Å²) in [6.45, 7) is 2.03. The normalized spacial score (nSPS) is 12.7. The summed E-state index contributed by atoms with van der Waals surface area (Å²) < 4.78 is 0. The smallest absolute Gasteiger partial charge is 0.0678 e. The van der Waals surface area contributed by atoms with Crippen LogP contribution in [0, 0.1) is 6.92 Å². The van der Waals surface area contributed by atoms with Gasteiger partial charge in [-0.15, -0.1) is 11.3 Å². The predicted octanol–water partition coefficient (Wildman–Crippen LogP) is 3.15. The Morgan fingerprint density at radius 3 is 2.87 bits per heavy atom. The lowest BCUT2D eigenvalue weighted by Crippen LogP contribution is -2.12. The summed E-state index contributed by atoms with van der Waals surface area (Å²) in [5.41, 5.74) is 8.32. The molecule has 0 bridgehead atoms. The molecule has 2 aromatic rings. The van der Waals surface area contributed by atoms with Gasteiger partial charge in [0, 0.05) is 17.3 Å². The Labute approximate surface area is 97.7 Å². The highest BCUT2D eigenvalue weighted by atomic mass is 35.5. The summed E-state index contributed by atoms with van der Waals surface area (Å²) in [4.78, 5) is 5.08. The van der Waals surface area contributed by atoms with Crippen molar-refractivity contribution in [3.8, 4) is 0 Å². The first kappa shape index (κ1) is 10.6. The fourth-order valence-electron chi connectivity index (χ4n) is 1.47. The first-order chi connectivity index (χ1) is 7.20. The van der Waals surface area contributed by atoms with E-state index in [4.69, 9.17) is 17.3 Å². The first-order valence-electron chi connectivity index (χ1n) is 4.59. The molecular formula is C11H11ClN2S. The van der Waals surface area contributed by atoms with Crippen LogP contribution in [0.25, 0.3) is 0 Å². The highest BCUT2D eigenvalue weighted by molar-refractivity contribution is 7.10. The van der Waals surface area contributed by atoms with Gasteiger partial charge >= 0.3 is 0 Å². The maximum atomic E-state index is 6.15. The van der Waals surface area contributed by atoms with Crippen molar-refractivity contribution >= 4 is 22.9 Å². The quantitative estimate of drug-likeness (QED) is 0.873. The predicted molar refractivity (Wildman–Crippen MR) is 64.3 cm³/mol. The van der Waals surface area contributed by atoms with Crippen LogP contribution in [-0.2, 0) is 0 Å². The van der Waals surface area contributed by atoms with Crippen molar-refractivity contribution < 1.29 is 0 Å². The van der Waals surface area contributed by atoms with Gasteiger partial charge in [0.1, 0.15) is 0 Å². The second-order valence-electron chi connectivity index (χ2n) is 3.34. The Hall–Kier alpha value is -0.900. The molecule has 2 aromatic heterocycles. The Balaban J connectivity index is 2.41. The number of aromatic nitrogens is 1. The molecule has 2 N–H and O–H groups in total. The molecule has 78 valence electrons. The number of halogens is 1. The molecule has 2 nitrogen and oxygen atoms in total. The highest BCUT2D eigenvalue weighted by Gasteiger charge is 2.15. The molecule has 0 aromatic carbocycles. The van der Waals surface area contributed by atoms with Gasteiger partial charge < -0.3 is 5.73 Å². The lowest BCUT2D eigenvalue weighted by molar-refractivity contribution is 0.872. The van der Waals surface area contributed by atoms with E-state index in [9.17, 15) is 0 Å². The SMILES string of the molecule is Cc1ccncc1C(N)c1sccc1Cl. The monoisotopic (exact) mass is 238 g/mol. The van der Waals surface area contributed by atoms with Gasteiger partial charge in [-0.25, -0.2) is 0 Å². The van der Waals surface area contributed by atoms with Crippen LogP contribution in [0.2, 0.25) is 5.02 Å². The molecule has 0 saturated carbocycles. The van der Waals surface area contributed by atoms with E-state index in [0.717, 1.165) is 21.0 Å². The molecule has 0 saturated heterocycles. The van der Waals surface area contributed by atoms with E-state index >= 15 is 0 Å². The molecule has 2 rings (SSSR count). The third-order valence-electron chi connectivity index (χ3n) is 2.34. The lowest BCUT2D eigenvalue weighted by atomic mass is 10.0. The summed E-state index contributed by atoms with van der Waals surface area (Å²) in [6.07, 6.45) is 3.57. The summed E-state index contributed by atoms with van der Waals surface area (Å²) in [5, 5.41) is 2.68. The highest BCUT2D eigenvalue weighted by Crippen LogP contribution is 2.31. The molecule has 0 aliphatic heterocycles. The van der Waals surface area contributed by atoms with Crippen molar-refractivity contribution in [3.05, 3.63) is 50.9 Å². The lowest BCUT2D eigenvalue weighted by Gasteiger charge is -2.12. The van der Waals surface area contributed by atoms with Gasteiger partial charge in [0.05, 0.1) is 11.1 Å². The number of hydrogen-bond acceptors (Lipinski definition) is 3. The maximum Gasteiger partial charge on any atom is 0.0678 e. The fourth-order valence-corrected chi connectivity index (χ4v) is 2.66. The van der Waals surface area contributed by atoms with E-state index in [-0.39, 0.29) is 6.04 Å². The Kier molecular flexibility index (Phi) is 3.05. The zero-order valence-electron chi connectivity index (χ0n) is 8.27. The van der Waals surface area contributed by atoms with Gasteiger partial charge in [-0.05, 0) is 35.6 Å². The summed E-state index contributed by atoms with van der Waals surface area (Å²) in [7, 11) is 0. The van der Waals surface area contributed by atoms with Gasteiger partial charge in [-0.2, -0.15) is 0 Å². The van der Waals surface area contributed by atoms with E-state index in [1.54, 1.807) is 23.7 Å². The minimum atomic E-state index is -0.175. The zero-order chi connectivity index (χ0) is 10.8. The average molecular weight is 239 g/mol. The minimum absolute atomic E-state index is 0.175. The molecule has 15 heavy (non-hydrogen) atoms. The van der Waals surface area contributed by atoms with Crippen molar-refractivity contribution in [2.24, 2.45) is 5.73 Å². The average Bonchev–Trinajstić information content (AvgIpc) is 2.64. The number of nitrogens with two attached hydrogens (primary N) is 1. The Morgan fingerprint density at radius 1 is 1.47 bits per heavy atom. The third-order valence-corrected chi connectivity index (χ3v) is 3.78. The fraction of sp³-hybridized carbons (Fsp3) is 0.182. The van der Waals surface area contributed by atoms with E-state index in [2.05, 4.69) is 4.98 Å². The van der Waals surface area contributed by atoms with Crippen LogP contribution in [0.4, 0.5) is 0 Å². The molecule has 2 heterocycles. The van der Waals surface area contributed by atoms with E-state index < -0.39 is 0 Å². The third kappa shape index (κ3) is 2.04. The van der Waals surface area contributed by atoms with Crippen LogP contribution in [0.15, 0.2) is 29.9 Å². The second kappa shape index (κ2) is 4.31. The number of nitrogens with zero attached hydrogens (tertiary/aromatic N) is 1. The molecular weight excluding hydrogens is 228 g/mol. The van der Waals surface area contributed by atoms with Gasteiger partial charge in [0.2, 0.25) is 0 Å². The molecule has 0 fully saturated rings. The number of thiophene rings is 1. The van der Waals surface area contributed by atoms with E-state index in [1.807, 2.05) is 24.4 Å². The topological polar surface area (TPSA) is 38.9 Å². The van der Waals surface area contributed by atoms with Crippen molar-refractivity contribution in [1.29, 1.82) is 0 Å². The van der Waals surface area contributed by atoms with Crippen molar-refractivity contribution in [1.82, 2.24) is 4.98 Å². The molecule has 0 aliphatic carbocycles. The molecule has 4 heteroatoms. The van der Waals surface area contributed by atoms with Crippen LogP contribution in [-0.4, -0.2) is 4.98 Å². The van der Waals surface area contributed by atoms with Gasteiger partial charge in [0.25, 0.3) is 0 Å². The van der Waals surface area contributed by atoms with Gasteiger partial charge in [-0.1, -0.05) is 11.6 Å².